The van der Waals surface area contributed by atoms with Crippen LogP contribution in [0, 0.1) is 13.8 Å². The van der Waals surface area contributed by atoms with Crippen molar-refractivity contribution < 1.29 is 0 Å². The van der Waals surface area contributed by atoms with E-state index >= 15 is 0 Å². The lowest BCUT2D eigenvalue weighted by Crippen LogP contribution is -2.02. The van der Waals surface area contributed by atoms with E-state index in [4.69, 9.17) is 0 Å². The molecule has 0 saturated heterocycles. The van der Waals surface area contributed by atoms with E-state index in [1.165, 1.54) is 24.0 Å². The van der Waals surface area contributed by atoms with Crippen LogP contribution in [0.1, 0.15) is 41.3 Å². The van der Waals surface area contributed by atoms with Crippen molar-refractivity contribution in [3.8, 4) is 0 Å². The van der Waals surface area contributed by atoms with Crippen LogP contribution in [0.25, 0.3) is 0 Å². The standard InChI is InChI=1S/C17H20N2/c1-12-3-10-17(13(2)19-12)18-11-14-4-6-15(7-5-14)16-8-9-16/h3-7,10,16,18H,8-9,11H2,1-2H3. The Hall–Kier alpha value is -1.83. The molecule has 0 spiro atoms. The highest BCUT2D eigenvalue weighted by Crippen LogP contribution is 2.39. The SMILES string of the molecule is Cc1ccc(NCc2ccc(C3CC3)cc2)c(C)n1. The molecule has 3 rings (SSSR count). The van der Waals surface area contributed by atoms with E-state index < -0.39 is 0 Å². The predicted octanol–water partition coefficient (Wildman–Crippen LogP) is 4.19. The average Bonchev–Trinajstić information content (AvgIpc) is 3.23. The summed E-state index contributed by atoms with van der Waals surface area (Å²) < 4.78 is 0. The van der Waals surface area contributed by atoms with Crippen LogP contribution in [0.15, 0.2) is 36.4 Å². The van der Waals surface area contributed by atoms with Gasteiger partial charge in [0.15, 0.2) is 0 Å². The second-order valence-electron chi connectivity index (χ2n) is 5.46. The molecule has 2 heteroatoms. The molecule has 1 aromatic carbocycles. The first-order valence-corrected chi connectivity index (χ1v) is 6.99. The fourth-order valence-corrected chi connectivity index (χ4v) is 2.40. The predicted molar refractivity (Wildman–Crippen MR) is 79.5 cm³/mol. The van der Waals surface area contributed by atoms with Crippen molar-refractivity contribution in [3.63, 3.8) is 0 Å². The molecule has 1 aromatic heterocycles. The molecule has 1 aliphatic rings. The summed E-state index contributed by atoms with van der Waals surface area (Å²) >= 11 is 0. The Balaban J connectivity index is 1.64. The van der Waals surface area contributed by atoms with Gasteiger partial charge in [0.1, 0.15) is 0 Å². The number of rotatable bonds is 4. The fraction of sp³-hybridized carbons (Fsp3) is 0.353. The highest BCUT2D eigenvalue weighted by atomic mass is 14.9. The summed E-state index contributed by atoms with van der Waals surface area (Å²) in [5.74, 6) is 0.838. The number of hydrogen-bond donors (Lipinski definition) is 1. The van der Waals surface area contributed by atoms with E-state index in [1.54, 1.807) is 0 Å². The molecule has 1 heterocycles. The van der Waals surface area contributed by atoms with E-state index in [2.05, 4.69) is 40.6 Å². The van der Waals surface area contributed by atoms with Crippen LogP contribution in [0.3, 0.4) is 0 Å². The van der Waals surface area contributed by atoms with Gasteiger partial charge in [-0.2, -0.15) is 0 Å². The van der Waals surface area contributed by atoms with Gasteiger partial charge < -0.3 is 5.32 Å². The van der Waals surface area contributed by atoms with Crippen molar-refractivity contribution in [2.45, 2.75) is 39.2 Å². The van der Waals surface area contributed by atoms with Crippen LogP contribution in [-0.2, 0) is 6.54 Å². The van der Waals surface area contributed by atoms with E-state index in [1.807, 2.05) is 19.9 Å². The number of anilines is 1. The van der Waals surface area contributed by atoms with Gasteiger partial charge in [-0.3, -0.25) is 4.98 Å². The zero-order valence-corrected chi connectivity index (χ0v) is 11.6. The van der Waals surface area contributed by atoms with Gasteiger partial charge in [0.2, 0.25) is 0 Å². The minimum atomic E-state index is 0.838. The highest BCUT2D eigenvalue weighted by Gasteiger charge is 2.22. The molecule has 0 bridgehead atoms. The molecular formula is C17H20N2. The highest BCUT2D eigenvalue weighted by molar-refractivity contribution is 5.48. The Morgan fingerprint density at radius 3 is 2.42 bits per heavy atom. The van der Waals surface area contributed by atoms with E-state index in [-0.39, 0.29) is 0 Å². The lowest BCUT2D eigenvalue weighted by Gasteiger charge is -2.10. The van der Waals surface area contributed by atoms with E-state index in [0.717, 1.165) is 29.5 Å². The number of pyridine rings is 1. The van der Waals surface area contributed by atoms with Crippen molar-refractivity contribution in [1.82, 2.24) is 4.98 Å². The maximum atomic E-state index is 4.47. The lowest BCUT2D eigenvalue weighted by atomic mass is 10.1. The zero-order chi connectivity index (χ0) is 13.2. The molecule has 0 atom stereocenters. The second-order valence-corrected chi connectivity index (χ2v) is 5.46. The summed E-state index contributed by atoms with van der Waals surface area (Å²) in [7, 11) is 0. The summed E-state index contributed by atoms with van der Waals surface area (Å²) in [6.45, 7) is 4.93. The summed E-state index contributed by atoms with van der Waals surface area (Å²) in [5, 5.41) is 3.46. The van der Waals surface area contributed by atoms with Crippen molar-refractivity contribution in [3.05, 3.63) is 58.9 Å². The normalized spacial score (nSPS) is 14.4. The third-order valence-corrected chi connectivity index (χ3v) is 3.74. The topological polar surface area (TPSA) is 24.9 Å². The van der Waals surface area contributed by atoms with Crippen LogP contribution < -0.4 is 5.32 Å². The van der Waals surface area contributed by atoms with Gasteiger partial charge in [-0.1, -0.05) is 24.3 Å². The van der Waals surface area contributed by atoms with Crippen molar-refractivity contribution in [1.29, 1.82) is 0 Å². The summed E-state index contributed by atoms with van der Waals surface area (Å²) in [6.07, 6.45) is 2.73. The molecule has 1 saturated carbocycles. The Bertz CT molecular complexity index is 568. The molecule has 0 amide bonds. The van der Waals surface area contributed by atoms with Gasteiger partial charge in [-0.15, -0.1) is 0 Å². The van der Waals surface area contributed by atoms with Crippen molar-refractivity contribution in [2.75, 3.05) is 5.32 Å². The Morgan fingerprint density at radius 1 is 1.05 bits per heavy atom. The fourth-order valence-electron chi connectivity index (χ4n) is 2.40. The van der Waals surface area contributed by atoms with Gasteiger partial charge in [-0.05, 0) is 55.9 Å². The maximum Gasteiger partial charge on any atom is 0.0606 e. The van der Waals surface area contributed by atoms with Gasteiger partial charge in [0.25, 0.3) is 0 Å². The summed E-state index contributed by atoms with van der Waals surface area (Å²) in [6, 6.07) is 13.2. The molecule has 2 aromatic rings. The first-order chi connectivity index (χ1) is 9.22. The van der Waals surface area contributed by atoms with Crippen LogP contribution in [0.2, 0.25) is 0 Å². The quantitative estimate of drug-likeness (QED) is 0.882. The Labute approximate surface area is 114 Å². The molecule has 0 radical (unpaired) electrons. The maximum absolute atomic E-state index is 4.47. The molecule has 0 aliphatic heterocycles. The van der Waals surface area contributed by atoms with Crippen LogP contribution in [-0.4, -0.2) is 4.98 Å². The molecule has 0 unspecified atom stereocenters. The minimum absolute atomic E-state index is 0.838. The molecule has 1 N–H and O–H groups in total. The smallest absolute Gasteiger partial charge is 0.0606 e. The molecule has 1 aliphatic carbocycles. The van der Waals surface area contributed by atoms with Crippen LogP contribution in [0.4, 0.5) is 5.69 Å². The molecular weight excluding hydrogens is 232 g/mol. The number of nitrogens with zero attached hydrogens (tertiary/aromatic N) is 1. The minimum Gasteiger partial charge on any atom is -0.380 e. The zero-order valence-electron chi connectivity index (χ0n) is 11.6. The van der Waals surface area contributed by atoms with Gasteiger partial charge in [0.05, 0.1) is 11.4 Å². The number of aromatic nitrogens is 1. The summed E-state index contributed by atoms with van der Waals surface area (Å²) in [4.78, 5) is 4.47. The molecule has 2 nitrogen and oxygen atoms in total. The second kappa shape index (κ2) is 5.04. The number of nitrogens with one attached hydrogen (secondary N) is 1. The first kappa shape index (κ1) is 12.2. The summed E-state index contributed by atoms with van der Waals surface area (Å²) in [5.41, 5.74) is 6.07. The van der Waals surface area contributed by atoms with Crippen LogP contribution in [0.5, 0.6) is 0 Å². The lowest BCUT2D eigenvalue weighted by molar-refractivity contribution is 1.07. The molecule has 1 fully saturated rings. The van der Waals surface area contributed by atoms with E-state index in [0.29, 0.717) is 0 Å². The monoisotopic (exact) mass is 252 g/mol. The van der Waals surface area contributed by atoms with Gasteiger partial charge >= 0.3 is 0 Å². The van der Waals surface area contributed by atoms with Crippen molar-refractivity contribution >= 4 is 5.69 Å². The van der Waals surface area contributed by atoms with Gasteiger partial charge in [-0.25, -0.2) is 0 Å². The van der Waals surface area contributed by atoms with Gasteiger partial charge in [0, 0.05) is 12.2 Å². The molecule has 19 heavy (non-hydrogen) atoms. The molecule has 98 valence electrons. The Morgan fingerprint density at radius 2 is 1.79 bits per heavy atom. The van der Waals surface area contributed by atoms with E-state index in [9.17, 15) is 0 Å². The third-order valence-electron chi connectivity index (χ3n) is 3.74. The number of aryl methyl sites for hydroxylation is 2. The number of benzene rings is 1. The Kier molecular flexibility index (Phi) is 3.24. The van der Waals surface area contributed by atoms with Crippen LogP contribution >= 0.6 is 0 Å². The first-order valence-electron chi connectivity index (χ1n) is 6.99. The third kappa shape index (κ3) is 2.95. The number of hydrogen-bond acceptors (Lipinski definition) is 2. The average molecular weight is 252 g/mol. The largest absolute Gasteiger partial charge is 0.380 e. The van der Waals surface area contributed by atoms with Crippen molar-refractivity contribution in [2.24, 2.45) is 0 Å².